The molecule has 1 N–H and O–H groups in total. The van der Waals surface area contributed by atoms with Crippen molar-refractivity contribution in [1.82, 2.24) is 4.90 Å². The summed E-state index contributed by atoms with van der Waals surface area (Å²) in [5, 5.41) is 10.5. The normalized spacial score (nSPS) is 12.7. The van der Waals surface area contributed by atoms with Crippen LogP contribution in [0.5, 0.6) is 5.75 Å². The molecule has 1 rings (SSSR count). The van der Waals surface area contributed by atoms with Crippen LogP contribution in [0.15, 0.2) is 24.3 Å². The van der Waals surface area contributed by atoms with Crippen LogP contribution in [0.25, 0.3) is 0 Å². The van der Waals surface area contributed by atoms with Gasteiger partial charge in [-0.1, -0.05) is 24.9 Å². The number of ether oxygens (including phenoxy) is 1. The Hall–Kier alpha value is -0.770. The molecule has 0 saturated heterocycles. The number of aliphatic hydroxyl groups excluding tert-OH is 1. The van der Waals surface area contributed by atoms with Gasteiger partial charge in [0.2, 0.25) is 0 Å². The molecular weight excluding hydrogens is 250 g/mol. The molecule has 3 nitrogen and oxygen atoms in total. The van der Waals surface area contributed by atoms with Crippen molar-refractivity contribution in [3.8, 4) is 5.75 Å². The standard InChI is InChI=1S/C14H22ClNO2/c1-3-4-9-16(2)10-13(17)11-18-14-7-5-12(15)6-8-14/h5-8,13,17H,3-4,9-11H2,1-2H3/t13-/m0/s1. The molecule has 0 aliphatic heterocycles. The maximum atomic E-state index is 9.84. The molecule has 0 amide bonds. The van der Waals surface area contributed by atoms with E-state index in [0.29, 0.717) is 18.2 Å². The molecule has 0 aromatic heterocycles. The average Bonchev–Trinajstić information content (AvgIpc) is 2.35. The lowest BCUT2D eigenvalue weighted by molar-refractivity contribution is 0.0760. The monoisotopic (exact) mass is 271 g/mol. The summed E-state index contributed by atoms with van der Waals surface area (Å²) in [6.45, 7) is 4.11. The van der Waals surface area contributed by atoms with Crippen LogP contribution in [0, 0.1) is 0 Å². The third-order valence-electron chi connectivity index (χ3n) is 2.67. The maximum Gasteiger partial charge on any atom is 0.119 e. The third kappa shape index (κ3) is 6.24. The highest BCUT2D eigenvalue weighted by Gasteiger charge is 2.08. The lowest BCUT2D eigenvalue weighted by Crippen LogP contribution is -2.33. The Morgan fingerprint density at radius 3 is 2.61 bits per heavy atom. The molecule has 102 valence electrons. The van der Waals surface area contributed by atoms with E-state index in [1.807, 2.05) is 7.05 Å². The highest BCUT2D eigenvalue weighted by molar-refractivity contribution is 6.30. The lowest BCUT2D eigenvalue weighted by Gasteiger charge is -2.20. The van der Waals surface area contributed by atoms with Crippen molar-refractivity contribution in [1.29, 1.82) is 0 Å². The minimum Gasteiger partial charge on any atom is -0.491 e. The van der Waals surface area contributed by atoms with E-state index in [-0.39, 0.29) is 0 Å². The zero-order valence-corrected chi connectivity index (χ0v) is 11.9. The first-order valence-electron chi connectivity index (χ1n) is 6.36. The first-order valence-corrected chi connectivity index (χ1v) is 6.74. The Bertz CT molecular complexity index is 329. The number of hydrogen-bond donors (Lipinski definition) is 1. The number of likely N-dealkylation sites (N-methyl/N-ethyl adjacent to an activating group) is 1. The van der Waals surface area contributed by atoms with Gasteiger partial charge in [-0.15, -0.1) is 0 Å². The molecule has 1 aromatic carbocycles. The molecule has 0 aliphatic rings. The molecule has 0 bridgehead atoms. The minimum atomic E-state index is -0.470. The van der Waals surface area contributed by atoms with Gasteiger partial charge in [0.05, 0.1) is 0 Å². The second-order valence-corrected chi connectivity index (χ2v) is 4.97. The topological polar surface area (TPSA) is 32.7 Å². The van der Waals surface area contributed by atoms with Crippen LogP contribution in [0.1, 0.15) is 19.8 Å². The van der Waals surface area contributed by atoms with E-state index in [1.54, 1.807) is 24.3 Å². The van der Waals surface area contributed by atoms with Gasteiger partial charge in [0.25, 0.3) is 0 Å². The number of unbranched alkanes of at least 4 members (excludes halogenated alkanes) is 1. The Morgan fingerprint density at radius 2 is 2.00 bits per heavy atom. The lowest BCUT2D eigenvalue weighted by atomic mass is 10.3. The van der Waals surface area contributed by atoms with Gasteiger partial charge in [-0.05, 0) is 44.3 Å². The molecule has 0 fully saturated rings. The van der Waals surface area contributed by atoms with E-state index >= 15 is 0 Å². The summed E-state index contributed by atoms with van der Waals surface area (Å²) in [4.78, 5) is 2.12. The van der Waals surface area contributed by atoms with Gasteiger partial charge in [-0.3, -0.25) is 0 Å². The Labute approximate surface area is 114 Å². The van der Waals surface area contributed by atoms with Crippen LogP contribution in [-0.4, -0.2) is 42.9 Å². The highest BCUT2D eigenvalue weighted by Crippen LogP contribution is 2.15. The van der Waals surface area contributed by atoms with Crippen molar-refractivity contribution < 1.29 is 9.84 Å². The Morgan fingerprint density at radius 1 is 1.33 bits per heavy atom. The van der Waals surface area contributed by atoms with Gasteiger partial charge in [-0.25, -0.2) is 0 Å². The van der Waals surface area contributed by atoms with Gasteiger partial charge in [0, 0.05) is 11.6 Å². The number of nitrogens with zero attached hydrogens (tertiary/aromatic N) is 1. The van der Waals surface area contributed by atoms with E-state index in [4.69, 9.17) is 16.3 Å². The van der Waals surface area contributed by atoms with Crippen molar-refractivity contribution in [3.63, 3.8) is 0 Å². The number of rotatable bonds is 8. The van der Waals surface area contributed by atoms with Crippen LogP contribution in [0.3, 0.4) is 0 Å². The zero-order valence-electron chi connectivity index (χ0n) is 11.1. The van der Waals surface area contributed by atoms with Crippen molar-refractivity contribution in [3.05, 3.63) is 29.3 Å². The summed E-state index contributed by atoms with van der Waals surface area (Å²) in [6.07, 6.45) is 1.85. The minimum absolute atomic E-state index is 0.304. The molecule has 0 heterocycles. The van der Waals surface area contributed by atoms with E-state index in [1.165, 1.54) is 6.42 Å². The van der Waals surface area contributed by atoms with Crippen molar-refractivity contribution in [2.45, 2.75) is 25.9 Å². The highest BCUT2D eigenvalue weighted by atomic mass is 35.5. The predicted octanol–water partition coefficient (Wildman–Crippen LogP) is 2.81. The number of halogens is 1. The number of benzene rings is 1. The van der Waals surface area contributed by atoms with E-state index < -0.39 is 6.10 Å². The molecule has 0 saturated carbocycles. The first kappa shape index (κ1) is 15.3. The Kier molecular flexibility index (Phi) is 7.09. The van der Waals surface area contributed by atoms with Crippen LogP contribution in [-0.2, 0) is 0 Å². The second-order valence-electron chi connectivity index (χ2n) is 4.53. The second kappa shape index (κ2) is 8.35. The fraction of sp³-hybridized carbons (Fsp3) is 0.571. The number of hydrogen-bond acceptors (Lipinski definition) is 3. The fourth-order valence-corrected chi connectivity index (χ4v) is 1.78. The predicted molar refractivity (Wildman–Crippen MR) is 75.4 cm³/mol. The van der Waals surface area contributed by atoms with Gasteiger partial charge in [-0.2, -0.15) is 0 Å². The molecule has 1 aromatic rings. The van der Waals surface area contributed by atoms with E-state index in [2.05, 4.69) is 11.8 Å². The summed E-state index contributed by atoms with van der Waals surface area (Å²) in [7, 11) is 2.02. The summed E-state index contributed by atoms with van der Waals surface area (Å²) >= 11 is 5.78. The van der Waals surface area contributed by atoms with Gasteiger partial charge < -0.3 is 14.7 Å². The summed E-state index contributed by atoms with van der Waals surface area (Å²) in [5.41, 5.74) is 0. The molecule has 18 heavy (non-hydrogen) atoms. The van der Waals surface area contributed by atoms with Gasteiger partial charge in [0.15, 0.2) is 0 Å². The Balaban J connectivity index is 2.24. The quantitative estimate of drug-likeness (QED) is 0.789. The average molecular weight is 272 g/mol. The smallest absolute Gasteiger partial charge is 0.119 e. The molecule has 0 spiro atoms. The molecule has 0 radical (unpaired) electrons. The van der Waals surface area contributed by atoms with Crippen molar-refractivity contribution in [2.75, 3.05) is 26.7 Å². The number of aliphatic hydroxyl groups is 1. The van der Waals surface area contributed by atoms with Crippen molar-refractivity contribution >= 4 is 11.6 Å². The molecule has 0 unspecified atom stereocenters. The summed E-state index contributed by atoms with van der Waals surface area (Å²) in [6, 6.07) is 7.15. The van der Waals surface area contributed by atoms with Crippen LogP contribution < -0.4 is 4.74 Å². The van der Waals surface area contributed by atoms with Crippen LogP contribution in [0.2, 0.25) is 5.02 Å². The van der Waals surface area contributed by atoms with E-state index in [0.717, 1.165) is 18.7 Å². The largest absolute Gasteiger partial charge is 0.491 e. The molecule has 1 atom stereocenters. The van der Waals surface area contributed by atoms with E-state index in [9.17, 15) is 5.11 Å². The molecule has 0 aliphatic carbocycles. The first-order chi connectivity index (χ1) is 8.61. The van der Waals surface area contributed by atoms with Crippen LogP contribution >= 0.6 is 11.6 Å². The van der Waals surface area contributed by atoms with Crippen molar-refractivity contribution in [2.24, 2.45) is 0 Å². The third-order valence-corrected chi connectivity index (χ3v) is 2.92. The maximum absolute atomic E-state index is 9.84. The molecular formula is C14H22ClNO2. The van der Waals surface area contributed by atoms with Gasteiger partial charge in [0.1, 0.15) is 18.5 Å². The summed E-state index contributed by atoms with van der Waals surface area (Å²) in [5.74, 6) is 0.731. The fourth-order valence-electron chi connectivity index (χ4n) is 1.66. The molecule has 4 heteroatoms. The zero-order chi connectivity index (χ0) is 13.4. The van der Waals surface area contributed by atoms with Gasteiger partial charge >= 0.3 is 0 Å². The summed E-state index contributed by atoms with van der Waals surface area (Å²) < 4.78 is 5.49. The van der Waals surface area contributed by atoms with Crippen LogP contribution in [0.4, 0.5) is 0 Å². The SMILES string of the molecule is CCCCN(C)C[C@H](O)COc1ccc(Cl)cc1.